The van der Waals surface area contributed by atoms with Gasteiger partial charge in [0.25, 0.3) is 0 Å². The maximum atomic E-state index is 10.1. The first kappa shape index (κ1) is 15.2. The van der Waals surface area contributed by atoms with Crippen LogP contribution in [-0.2, 0) is 6.42 Å². The number of hydrogen-bond acceptors (Lipinski definition) is 1. The monoisotopic (exact) mass is 248 g/mol. The molecule has 0 saturated carbocycles. The maximum Gasteiger partial charge on any atom is 0.0790 e. The highest BCUT2D eigenvalue weighted by molar-refractivity contribution is 5.23. The molecule has 1 rings (SSSR count). The van der Waals surface area contributed by atoms with Crippen LogP contribution in [0.5, 0.6) is 0 Å². The molecule has 1 heteroatoms. The smallest absolute Gasteiger partial charge is 0.0790 e. The number of aryl methyl sites for hydroxylation is 1. The van der Waals surface area contributed by atoms with Gasteiger partial charge in [0, 0.05) is 0 Å². The van der Waals surface area contributed by atoms with Crippen LogP contribution >= 0.6 is 0 Å². The van der Waals surface area contributed by atoms with Gasteiger partial charge in [-0.1, -0.05) is 76.6 Å². The zero-order valence-corrected chi connectivity index (χ0v) is 12.0. The summed E-state index contributed by atoms with van der Waals surface area (Å²) in [5.41, 5.74) is 2.41. The van der Waals surface area contributed by atoms with Gasteiger partial charge < -0.3 is 5.11 Å². The Morgan fingerprint density at radius 2 is 1.50 bits per heavy atom. The van der Waals surface area contributed by atoms with Crippen molar-refractivity contribution >= 4 is 0 Å². The standard InChI is InChI=1S/C17H28O/c1-3-5-6-7-8-9-10-17(18)16-13-11-15(4-2)12-14-16/h11-14,17-18H,3-10H2,1-2H3. The van der Waals surface area contributed by atoms with E-state index in [9.17, 15) is 5.11 Å². The fourth-order valence-corrected chi connectivity index (χ4v) is 2.26. The zero-order chi connectivity index (χ0) is 13.2. The van der Waals surface area contributed by atoms with Gasteiger partial charge in [0.05, 0.1) is 6.10 Å². The Hall–Kier alpha value is -0.820. The van der Waals surface area contributed by atoms with Crippen LogP contribution in [0, 0.1) is 0 Å². The van der Waals surface area contributed by atoms with Crippen LogP contribution < -0.4 is 0 Å². The Bertz CT molecular complexity index is 302. The number of aliphatic hydroxyl groups excluding tert-OH is 1. The molecule has 1 aromatic carbocycles. The van der Waals surface area contributed by atoms with Crippen molar-refractivity contribution < 1.29 is 5.11 Å². The van der Waals surface area contributed by atoms with Crippen LogP contribution in [0.2, 0.25) is 0 Å². The predicted molar refractivity (Wildman–Crippen MR) is 78.8 cm³/mol. The van der Waals surface area contributed by atoms with Gasteiger partial charge in [-0.25, -0.2) is 0 Å². The number of aliphatic hydroxyl groups is 1. The molecule has 1 aromatic rings. The van der Waals surface area contributed by atoms with E-state index in [1.54, 1.807) is 0 Å². The topological polar surface area (TPSA) is 20.2 Å². The lowest BCUT2D eigenvalue weighted by Crippen LogP contribution is -1.97. The fraction of sp³-hybridized carbons (Fsp3) is 0.647. The van der Waals surface area contributed by atoms with Gasteiger partial charge >= 0.3 is 0 Å². The molecule has 0 bridgehead atoms. The molecule has 0 saturated heterocycles. The Balaban J connectivity index is 2.21. The van der Waals surface area contributed by atoms with E-state index in [4.69, 9.17) is 0 Å². The van der Waals surface area contributed by atoms with Crippen molar-refractivity contribution in [2.24, 2.45) is 0 Å². The Morgan fingerprint density at radius 1 is 0.889 bits per heavy atom. The highest BCUT2D eigenvalue weighted by atomic mass is 16.3. The first-order chi connectivity index (χ1) is 8.77. The van der Waals surface area contributed by atoms with E-state index in [0.29, 0.717) is 0 Å². The molecule has 0 spiro atoms. The van der Waals surface area contributed by atoms with Gasteiger partial charge in [0.2, 0.25) is 0 Å². The van der Waals surface area contributed by atoms with Crippen molar-refractivity contribution in [1.29, 1.82) is 0 Å². The van der Waals surface area contributed by atoms with Crippen LogP contribution in [-0.4, -0.2) is 5.11 Å². The first-order valence-corrected chi connectivity index (χ1v) is 7.54. The molecular weight excluding hydrogens is 220 g/mol. The number of benzene rings is 1. The molecule has 0 fully saturated rings. The van der Waals surface area contributed by atoms with Crippen molar-refractivity contribution in [3.63, 3.8) is 0 Å². The maximum absolute atomic E-state index is 10.1. The molecule has 0 radical (unpaired) electrons. The van der Waals surface area contributed by atoms with Crippen LogP contribution in [0.25, 0.3) is 0 Å². The second-order valence-corrected chi connectivity index (χ2v) is 5.17. The summed E-state index contributed by atoms with van der Waals surface area (Å²) in [4.78, 5) is 0. The molecular formula is C17H28O. The Morgan fingerprint density at radius 3 is 2.11 bits per heavy atom. The number of unbranched alkanes of at least 4 members (excludes halogenated alkanes) is 5. The quantitative estimate of drug-likeness (QED) is 0.607. The Kier molecular flexibility index (Phi) is 7.75. The summed E-state index contributed by atoms with van der Waals surface area (Å²) < 4.78 is 0. The summed E-state index contributed by atoms with van der Waals surface area (Å²) in [7, 11) is 0. The van der Waals surface area contributed by atoms with Crippen LogP contribution in [0.1, 0.15) is 76.0 Å². The van der Waals surface area contributed by atoms with E-state index in [-0.39, 0.29) is 6.10 Å². The molecule has 102 valence electrons. The minimum absolute atomic E-state index is 0.276. The van der Waals surface area contributed by atoms with Crippen molar-refractivity contribution in [3.8, 4) is 0 Å². The highest BCUT2D eigenvalue weighted by Crippen LogP contribution is 2.20. The summed E-state index contributed by atoms with van der Waals surface area (Å²) in [5, 5.41) is 10.1. The second kappa shape index (κ2) is 9.16. The molecule has 1 unspecified atom stereocenters. The number of rotatable bonds is 9. The van der Waals surface area contributed by atoms with E-state index in [1.807, 2.05) is 0 Å². The summed E-state index contributed by atoms with van der Waals surface area (Å²) in [6.45, 7) is 4.39. The fourth-order valence-electron chi connectivity index (χ4n) is 2.26. The van der Waals surface area contributed by atoms with Gasteiger partial charge in [-0.3, -0.25) is 0 Å². The summed E-state index contributed by atoms with van der Waals surface area (Å²) in [5.74, 6) is 0. The van der Waals surface area contributed by atoms with E-state index in [1.165, 1.54) is 37.7 Å². The normalized spacial score (nSPS) is 12.6. The van der Waals surface area contributed by atoms with Crippen molar-refractivity contribution in [3.05, 3.63) is 35.4 Å². The molecule has 0 amide bonds. The van der Waals surface area contributed by atoms with Crippen molar-refractivity contribution in [2.75, 3.05) is 0 Å². The van der Waals surface area contributed by atoms with Gasteiger partial charge in [-0.05, 0) is 24.0 Å². The Labute approximate surface area is 112 Å². The third-order valence-corrected chi connectivity index (χ3v) is 3.60. The third-order valence-electron chi connectivity index (χ3n) is 3.60. The largest absolute Gasteiger partial charge is 0.388 e. The van der Waals surface area contributed by atoms with E-state index in [2.05, 4.69) is 38.1 Å². The minimum atomic E-state index is -0.276. The van der Waals surface area contributed by atoms with Gasteiger partial charge in [-0.15, -0.1) is 0 Å². The lowest BCUT2D eigenvalue weighted by molar-refractivity contribution is 0.163. The molecule has 1 atom stereocenters. The molecule has 0 aliphatic heterocycles. The average Bonchev–Trinajstić information content (AvgIpc) is 2.42. The molecule has 0 aliphatic rings. The first-order valence-electron chi connectivity index (χ1n) is 7.54. The second-order valence-electron chi connectivity index (χ2n) is 5.17. The molecule has 18 heavy (non-hydrogen) atoms. The lowest BCUT2D eigenvalue weighted by Gasteiger charge is -2.11. The lowest BCUT2D eigenvalue weighted by atomic mass is 10.0. The van der Waals surface area contributed by atoms with Crippen LogP contribution in [0.4, 0.5) is 0 Å². The number of hydrogen-bond donors (Lipinski definition) is 1. The van der Waals surface area contributed by atoms with Gasteiger partial charge in [0.1, 0.15) is 0 Å². The summed E-state index contributed by atoms with van der Waals surface area (Å²) in [6, 6.07) is 8.39. The molecule has 0 aliphatic carbocycles. The van der Waals surface area contributed by atoms with Crippen molar-refractivity contribution in [2.45, 2.75) is 71.3 Å². The van der Waals surface area contributed by atoms with Gasteiger partial charge in [0.15, 0.2) is 0 Å². The molecule has 1 nitrogen and oxygen atoms in total. The van der Waals surface area contributed by atoms with Gasteiger partial charge in [-0.2, -0.15) is 0 Å². The van der Waals surface area contributed by atoms with E-state index in [0.717, 1.165) is 24.8 Å². The average molecular weight is 248 g/mol. The minimum Gasteiger partial charge on any atom is -0.388 e. The predicted octanol–water partition coefficient (Wildman–Crippen LogP) is 5.03. The third kappa shape index (κ3) is 5.68. The molecule has 0 heterocycles. The van der Waals surface area contributed by atoms with E-state index >= 15 is 0 Å². The van der Waals surface area contributed by atoms with Crippen molar-refractivity contribution in [1.82, 2.24) is 0 Å². The summed E-state index contributed by atoms with van der Waals surface area (Å²) >= 11 is 0. The SMILES string of the molecule is CCCCCCCCC(O)c1ccc(CC)cc1. The van der Waals surface area contributed by atoms with Crippen LogP contribution in [0.15, 0.2) is 24.3 Å². The van der Waals surface area contributed by atoms with E-state index < -0.39 is 0 Å². The molecule has 1 N–H and O–H groups in total. The van der Waals surface area contributed by atoms with Crippen LogP contribution in [0.3, 0.4) is 0 Å². The zero-order valence-electron chi connectivity index (χ0n) is 12.0. The molecule has 0 aromatic heterocycles. The summed E-state index contributed by atoms with van der Waals surface area (Å²) in [6.07, 6.45) is 9.39. The highest BCUT2D eigenvalue weighted by Gasteiger charge is 2.06.